The average Bonchev–Trinajstić information content (AvgIpc) is 2.58. The van der Waals surface area contributed by atoms with Crippen molar-refractivity contribution in [3.63, 3.8) is 0 Å². The first-order chi connectivity index (χ1) is 11.8. The summed E-state index contributed by atoms with van der Waals surface area (Å²) in [5.74, 6) is -0.123. The van der Waals surface area contributed by atoms with Crippen LogP contribution in [0.4, 0.5) is 30.2 Å². The SMILES string of the molecule is CC(=O)NC[C@@H]1CN(c2ccc(C(F)(F)F)cc2)c2ccccc2N1. The molecule has 0 aliphatic carbocycles. The van der Waals surface area contributed by atoms with Crippen molar-refractivity contribution in [3.05, 3.63) is 54.1 Å². The van der Waals surface area contributed by atoms with Crippen LogP contribution in [0.5, 0.6) is 0 Å². The van der Waals surface area contributed by atoms with Crippen LogP contribution in [0.15, 0.2) is 48.5 Å². The molecule has 0 bridgehead atoms. The van der Waals surface area contributed by atoms with Crippen molar-refractivity contribution in [2.24, 2.45) is 0 Å². The van der Waals surface area contributed by atoms with Gasteiger partial charge in [-0.15, -0.1) is 0 Å². The van der Waals surface area contributed by atoms with Gasteiger partial charge in [0.25, 0.3) is 0 Å². The van der Waals surface area contributed by atoms with Gasteiger partial charge in [0.1, 0.15) is 0 Å². The monoisotopic (exact) mass is 349 g/mol. The number of fused-ring (bicyclic) bond motifs is 1. The Hall–Kier alpha value is -2.70. The number of carbonyl (C=O) groups excluding carboxylic acids is 1. The predicted octanol–water partition coefficient (Wildman–Crippen LogP) is 3.77. The summed E-state index contributed by atoms with van der Waals surface area (Å²) >= 11 is 0. The lowest BCUT2D eigenvalue weighted by atomic mass is 10.1. The van der Waals surface area contributed by atoms with Crippen LogP contribution in [-0.2, 0) is 11.0 Å². The van der Waals surface area contributed by atoms with E-state index < -0.39 is 11.7 Å². The molecule has 3 rings (SSSR count). The molecule has 0 radical (unpaired) electrons. The lowest BCUT2D eigenvalue weighted by Gasteiger charge is -2.37. The van der Waals surface area contributed by atoms with E-state index >= 15 is 0 Å². The molecule has 0 spiro atoms. The zero-order valence-corrected chi connectivity index (χ0v) is 13.6. The minimum absolute atomic E-state index is 0.0545. The smallest absolute Gasteiger partial charge is 0.377 e. The van der Waals surface area contributed by atoms with E-state index in [4.69, 9.17) is 0 Å². The Labute approximate surface area is 143 Å². The van der Waals surface area contributed by atoms with E-state index in [1.54, 1.807) is 0 Å². The Bertz CT molecular complexity index is 759. The Morgan fingerprint density at radius 2 is 1.88 bits per heavy atom. The van der Waals surface area contributed by atoms with Crippen molar-refractivity contribution < 1.29 is 18.0 Å². The van der Waals surface area contributed by atoms with Crippen LogP contribution < -0.4 is 15.5 Å². The summed E-state index contributed by atoms with van der Waals surface area (Å²) in [6, 6.07) is 12.7. The maximum absolute atomic E-state index is 12.8. The number of nitrogens with zero attached hydrogens (tertiary/aromatic N) is 1. The number of nitrogens with one attached hydrogen (secondary N) is 2. The van der Waals surface area contributed by atoms with E-state index in [0.29, 0.717) is 18.8 Å². The number of anilines is 3. The summed E-state index contributed by atoms with van der Waals surface area (Å²) < 4.78 is 38.3. The number of hydrogen-bond acceptors (Lipinski definition) is 3. The lowest BCUT2D eigenvalue weighted by Crippen LogP contribution is -2.45. The largest absolute Gasteiger partial charge is 0.416 e. The highest BCUT2D eigenvalue weighted by Gasteiger charge is 2.31. The number of para-hydroxylation sites is 2. The summed E-state index contributed by atoms with van der Waals surface area (Å²) in [5, 5.41) is 6.12. The molecule has 25 heavy (non-hydrogen) atoms. The first-order valence-electron chi connectivity index (χ1n) is 7.89. The predicted molar refractivity (Wildman–Crippen MR) is 91.0 cm³/mol. The summed E-state index contributed by atoms with van der Waals surface area (Å²) in [6.45, 7) is 2.41. The second-order valence-corrected chi connectivity index (χ2v) is 5.95. The number of benzene rings is 2. The first kappa shape index (κ1) is 17.1. The maximum atomic E-state index is 12.8. The van der Waals surface area contributed by atoms with Crippen molar-refractivity contribution in [1.29, 1.82) is 0 Å². The molecule has 4 nitrogen and oxygen atoms in total. The van der Waals surface area contributed by atoms with Crippen molar-refractivity contribution in [2.45, 2.75) is 19.1 Å². The van der Waals surface area contributed by atoms with Crippen LogP contribution in [0.2, 0.25) is 0 Å². The molecule has 132 valence electrons. The van der Waals surface area contributed by atoms with Gasteiger partial charge in [-0.25, -0.2) is 0 Å². The Morgan fingerprint density at radius 1 is 1.20 bits per heavy atom. The second kappa shape index (κ2) is 6.66. The minimum atomic E-state index is -4.35. The fraction of sp³-hybridized carbons (Fsp3) is 0.278. The molecule has 0 saturated carbocycles. The molecule has 2 N–H and O–H groups in total. The van der Waals surface area contributed by atoms with Gasteiger partial charge in [0.05, 0.1) is 23.0 Å². The van der Waals surface area contributed by atoms with Crippen molar-refractivity contribution in [1.82, 2.24) is 5.32 Å². The summed E-state index contributed by atoms with van der Waals surface area (Å²) in [4.78, 5) is 13.1. The van der Waals surface area contributed by atoms with Crippen LogP contribution in [0.25, 0.3) is 0 Å². The topological polar surface area (TPSA) is 44.4 Å². The molecular weight excluding hydrogens is 331 g/mol. The van der Waals surface area contributed by atoms with Crippen molar-refractivity contribution in [3.8, 4) is 0 Å². The van der Waals surface area contributed by atoms with E-state index in [1.165, 1.54) is 19.1 Å². The van der Waals surface area contributed by atoms with Crippen LogP contribution in [-0.4, -0.2) is 25.0 Å². The number of alkyl halides is 3. The van der Waals surface area contributed by atoms with Gasteiger partial charge in [-0.2, -0.15) is 13.2 Å². The molecule has 1 heterocycles. The average molecular weight is 349 g/mol. The Balaban J connectivity index is 1.89. The molecule has 2 aromatic rings. The summed E-state index contributed by atoms with van der Waals surface area (Å²) in [7, 11) is 0. The summed E-state index contributed by atoms with van der Waals surface area (Å²) in [5.41, 5.74) is 1.77. The maximum Gasteiger partial charge on any atom is 0.416 e. The van der Waals surface area contributed by atoms with Gasteiger partial charge in [-0.05, 0) is 36.4 Å². The van der Waals surface area contributed by atoms with Crippen molar-refractivity contribution in [2.75, 3.05) is 23.3 Å². The molecule has 0 unspecified atom stereocenters. The van der Waals surface area contributed by atoms with Gasteiger partial charge in [0, 0.05) is 25.7 Å². The third-order valence-corrected chi connectivity index (χ3v) is 4.06. The minimum Gasteiger partial charge on any atom is -0.377 e. The fourth-order valence-corrected chi connectivity index (χ4v) is 2.87. The number of carbonyl (C=O) groups is 1. The first-order valence-corrected chi connectivity index (χ1v) is 7.89. The molecule has 1 atom stereocenters. The Morgan fingerprint density at radius 3 is 2.52 bits per heavy atom. The number of halogens is 3. The van der Waals surface area contributed by atoms with Gasteiger partial charge in [0.15, 0.2) is 0 Å². The zero-order chi connectivity index (χ0) is 18.0. The standard InChI is InChI=1S/C18H18F3N3O/c1-12(25)22-10-14-11-24(17-5-3-2-4-16(17)23-14)15-8-6-13(7-9-15)18(19,20)21/h2-9,14,23H,10-11H2,1H3,(H,22,25)/t14-/m1/s1. The van der Waals surface area contributed by atoms with E-state index in [-0.39, 0.29) is 11.9 Å². The molecule has 1 aliphatic heterocycles. The fourth-order valence-electron chi connectivity index (χ4n) is 2.87. The lowest BCUT2D eigenvalue weighted by molar-refractivity contribution is -0.137. The van der Waals surface area contributed by atoms with E-state index in [9.17, 15) is 18.0 Å². The zero-order valence-electron chi connectivity index (χ0n) is 13.6. The van der Waals surface area contributed by atoms with Gasteiger partial charge < -0.3 is 15.5 Å². The molecule has 0 aromatic heterocycles. The number of amides is 1. The molecule has 2 aromatic carbocycles. The third kappa shape index (κ3) is 3.87. The normalized spacial score (nSPS) is 16.8. The highest BCUT2D eigenvalue weighted by atomic mass is 19.4. The van der Waals surface area contributed by atoms with Gasteiger partial charge in [0.2, 0.25) is 5.91 Å². The van der Waals surface area contributed by atoms with Crippen LogP contribution in [0.3, 0.4) is 0 Å². The van der Waals surface area contributed by atoms with E-state index in [2.05, 4.69) is 10.6 Å². The van der Waals surface area contributed by atoms with Gasteiger partial charge in [-0.1, -0.05) is 12.1 Å². The summed E-state index contributed by atoms with van der Waals surface area (Å²) in [6.07, 6.45) is -4.35. The second-order valence-electron chi connectivity index (χ2n) is 5.95. The molecule has 1 aliphatic rings. The van der Waals surface area contributed by atoms with E-state index in [0.717, 1.165) is 23.5 Å². The Kier molecular flexibility index (Phi) is 4.57. The van der Waals surface area contributed by atoms with Crippen LogP contribution in [0, 0.1) is 0 Å². The van der Waals surface area contributed by atoms with E-state index in [1.807, 2.05) is 29.2 Å². The quantitative estimate of drug-likeness (QED) is 0.887. The van der Waals surface area contributed by atoms with Crippen LogP contribution in [0.1, 0.15) is 12.5 Å². The number of rotatable bonds is 3. The number of hydrogen-bond donors (Lipinski definition) is 2. The molecule has 0 saturated heterocycles. The van der Waals surface area contributed by atoms with Crippen molar-refractivity contribution >= 4 is 23.0 Å². The third-order valence-electron chi connectivity index (χ3n) is 4.06. The highest BCUT2D eigenvalue weighted by Crippen LogP contribution is 2.37. The van der Waals surface area contributed by atoms with Gasteiger partial charge in [-0.3, -0.25) is 4.79 Å². The highest BCUT2D eigenvalue weighted by molar-refractivity contribution is 5.79. The molecular formula is C18H18F3N3O. The van der Waals surface area contributed by atoms with Gasteiger partial charge >= 0.3 is 6.18 Å². The molecule has 7 heteroatoms. The molecule has 0 fully saturated rings. The van der Waals surface area contributed by atoms with Crippen LogP contribution >= 0.6 is 0 Å². The molecule has 1 amide bonds.